The van der Waals surface area contributed by atoms with E-state index >= 15 is 0 Å². The molecule has 2 aromatic carbocycles. The molecule has 0 aliphatic heterocycles. The monoisotopic (exact) mass is 397 g/mol. The fraction of sp³-hybridized carbons (Fsp3) is 0.133. The number of aryl methyl sites for hydroxylation is 1. The van der Waals surface area contributed by atoms with E-state index in [9.17, 15) is 4.79 Å². The Morgan fingerprint density at radius 2 is 1.85 bits per heavy atom. The summed E-state index contributed by atoms with van der Waals surface area (Å²) >= 11 is 6.76. The second kappa shape index (κ2) is 6.90. The molecule has 0 heterocycles. The van der Waals surface area contributed by atoms with Crippen LogP contribution >= 0.6 is 31.9 Å². The number of hydrogen-bond acceptors (Lipinski definition) is 2. The lowest BCUT2D eigenvalue weighted by Gasteiger charge is -2.09. The number of halogens is 2. The lowest BCUT2D eigenvalue weighted by atomic mass is 10.2. The van der Waals surface area contributed by atoms with Crippen LogP contribution in [0.3, 0.4) is 0 Å². The van der Waals surface area contributed by atoms with Crippen LogP contribution in [0.1, 0.15) is 5.56 Å². The van der Waals surface area contributed by atoms with Crippen molar-refractivity contribution in [1.29, 1.82) is 0 Å². The molecule has 3 nitrogen and oxygen atoms in total. The average molecular weight is 399 g/mol. The molecule has 5 heteroatoms. The van der Waals surface area contributed by atoms with E-state index in [2.05, 4.69) is 37.2 Å². The maximum absolute atomic E-state index is 11.8. The third-order valence-electron chi connectivity index (χ3n) is 2.58. The summed E-state index contributed by atoms with van der Waals surface area (Å²) in [6, 6.07) is 13.1. The van der Waals surface area contributed by atoms with Crippen molar-refractivity contribution in [3.63, 3.8) is 0 Å². The Morgan fingerprint density at radius 1 is 1.15 bits per heavy atom. The lowest BCUT2D eigenvalue weighted by Crippen LogP contribution is -2.20. The summed E-state index contributed by atoms with van der Waals surface area (Å²) in [5.74, 6) is 0.462. The van der Waals surface area contributed by atoms with Crippen molar-refractivity contribution in [3.8, 4) is 5.75 Å². The zero-order valence-corrected chi connectivity index (χ0v) is 14.0. The van der Waals surface area contributed by atoms with Crippen LogP contribution in [0, 0.1) is 6.92 Å². The predicted octanol–water partition coefficient (Wildman–Crippen LogP) is 4.54. The minimum atomic E-state index is -0.197. The highest BCUT2D eigenvalue weighted by molar-refractivity contribution is 9.10. The van der Waals surface area contributed by atoms with Crippen LogP contribution in [0.4, 0.5) is 5.69 Å². The van der Waals surface area contributed by atoms with Crippen LogP contribution < -0.4 is 10.1 Å². The van der Waals surface area contributed by atoms with E-state index < -0.39 is 0 Å². The van der Waals surface area contributed by atoms with Gasteiger partial charge in [-0.15, -0.1) is 0 Å². The SMILES string of the molecule is Cc1ccc(NC(=O)COc2ccc(Br)cc2)c(Br)c1. The zero-order valence-electron chi connectivity index (χ0n) is 10.8. The lowest BCUT2D eigenvalue weighted by molar-refractivity contribution is -0.118. The molecule has 0 atom stereocenters. The van der Waals surface area contributed by atoms with Gasteiger partial charge in [0.2, 0.25) is 0 Å². The number of ether oxygens (including phenoxy) is 1. The second-order valence-electron chi connectivity index (χ2n) is 4.27. The molecule has 0 aromatic heterocycles. The maximum atomic E-state index is 11.8. The molecule has 0 fully saturated rings. The Bertz CT molecular complexity index is 612. The van der Waals surface area contributed by atoms with Gasteiger partial charge in [0.15, 0.2) is 6.61 Å². The molecular weight excluding hydrogens is 386 g/mol. The number of rotatable bonds is 4. The summed E-state index contributed by atoms with van der Waals surface area (Å²) in [6.45, 7) is 1.97. The highest BCUT2D eigenvalue weighted by Crippen LogP contribution is 2.23. The molecular formula is C15H13Br2NO2. The van der Waals surface area contributed by atoms with Crippen molar-refractivity contribution in [1.82, 2.24) is 0 Å². The van der Waals surface area contributed by atoms with Gasteiger partial charge in [-0.25, -0.2) is 0 Å². The Hall–Kier alpha value is -1.33. The molecule has 1 N–H and O–H groups in total. The number of anilines is 1. The second-order valence-corrected chi connectivity index (χ2v) is 6.04. The highest BCUT2D eigenvalue weighted by atomic mass is 79.9. The van der Waals surface area contributed by atoms with Crippen LogP contribution in [0.15, 0.2) is 51.4 Å². The van der Waals surface area contributed by atoms with Gasteiger partial charge < -0.3 is 10.1 Å². The fourth-order valence-electron chi connectivity index (χ4n) is 1.59. The smallest absolute Gasteiger partial charge is 0.262 e. The number of benzene rings is 2. The van der Waals surface area contributed by atoms with E-state index in [1.165, 1.54) is 0 Å². The molecule has 104 valence electrons. The van der Waals surface area contributed by atoms with Crippen molar-refractivity contribution in [2.75, 3.05) is 11.9 Å². The first kappa shape index (κ1) is 15.1. The summed E-state index contributed by atoms with van der Waals surface area (Å²) in [7, 11) is 0. The molecule has 0 radical (unpaired) electrons. The zero-order chi connectivity index (χ0) is 14.5. The summed E-state index contributed by atoms with van der Waals surface area (Å²) in [6.07, 6.45) is 0. The van der Waals surface area contributed by atoms with E-state index in [0.717, 1.165) is 20.2 Å². The normalized spacial score (nSPS) is 10.2. The van der Waals surface area contributed by atoms with Crippen LogP contribution in [0.2, 0.25) is 0 Å². The Labute approximate surface area is 134 Å². The summed E-state index contributed by atoms with van der Waals surface area (Å²) in [5.41, 5.74) is 1.86. The quantitative estimate of drug-likeness (QED) is 0.821. The molecule has 2 aromatic rings. The minimum Gasteiger partial charge on any atom is -0.484 e. The fourth-order valence-corrected chi connectivity index (χ4v) is 2.44. The average Bonchev–Trinajstić information content (AvgIpc) is 2.41. The standard InChI is InChI=1S/C15H13Br2NO2/c1-10-2-7-14(13(17)8-10)18-15(19)9-20-12-5-3-11(16)4-6-12/h2-8H,9H2,1H3,(H,18,19). The first-order chi connectivity index (χ1) is 9.54. The van der Waals surface area contributed by atoms with Crippen molar-refractivity contribution >= 4 is 43.5 Å². The third kappa shape index (κ3) is 4.35. The van der Waals surface area contributed by atoms with Crippen LogP contribution in [-0.2, 0) is 4.79 Å². The molecule has 0 spiro atoms. The topological polar surface area (TPSA) is 38.3 Å². The number of amides is 1. The van der Waals surface area contributed by atoms with Crippen LogP contribution in [0.25, 0.3) is 0 Å². The number of hydrogen-bond donors (Lipinski definition) is 1. The van der Waals surface area contributed by atoms with E-state index in [0.29, 0.717) is 5.75 Å². The van der Waals surface area contributed by atoms with Gasteiger partial charge in [0, 0.05) is 8.95 Å². The van der Waals surface area contributed by atoms with Gasteiger partial charge in [-0.05, 0) is 64.8 Å². The molecule has 0 unspecified atom stereocenters. The van der Waals surface area contributed by atoms with Crippen molar-refractivity contribution in [2.45, 2.75) is 6.92 Å². The molecule has 0 saturated heterocycles. The van der Waals surface area contributed by atoms with Crippen LogP contribution in [0.5, 0.6) is 5.75 Å². The van der Waals surface area contributed by atoms with Crippen molar-refractivity contribution in [2.24, 2.45) is 0 Å². The van der Waals surface area contributed by atoms with E-state index in [-0.39, 0.29) is 12.5 Å². The predicted molar refractivity (Wildman–Crippen MR) is 87.1 cm³/mol. The first-order valence-electron chi connectivity index (χ1n) is 5.99. The largest absolute Gasteiger partial charge is 0.484 e. The van der Waals surface area contributed by atoms with Gasteiger partial charge in [0.25, 0.3) is 5.91 Å². The summed E-state index contributed by atoms with van der Waals surface area (Å²) < 4.78 is 7.24. The van der Waals surface area contributed by atoms with Crippen LogP contribution in [-0.4, -0.2) is 12.5 Å². The van der Waals surface area contributed by atoms with E-state index in [1.807, 2.05) is 37.3 Å². The minimum absolute atomic E-state index is 0.0258. The molecule has 0 saturated carbocycles. The number of carbonyl (C=O) groups excluding carboxylic acids is 1. The van der Waals surface area contributed by atoms with Gasteiger partial charge in [-0.2, -0.15) is 0 Å². The van der Waals surface area contributed by atoms with Gasteiger partial charge in [0.05, 0.1) is 5.69 Å². The maximum Gasteiger partial charge on any atom is 0.262 e. The summed E-state index contributed by atoms with van der Waals surface area (Å²) in [4.78, 5) is 11.8. The van der Waals surface area contributed by atoms with E-state index in [4.69, 9.17) is 4.74 Å². The van der Waals surface area contributed by atoms with Gasteiger partial charge in [-0.3, -0.25) is 4.79 Å². The number of carbonyl (C=O) groups is 1. The molecule has 0 aliphatic rings. The Morgan fingerprint density at radius 3 is 2.50 bits per heavy atom. The van der Waals surface area contributed by atoms with Gasteiger partial charge >= 0.3 is 0 Å². The van der Waals surface area contributed by atoms with Gasteiger partial charge in [0.1, 0.15) is 5.75 Å². The Balaban J connectivity index is 1.90. The van der Waals surface area contributed by atoms with Crippen molar-refractivity contribution in [3.05, 3.63) is 57.0 Å². The molecule has 0 aliphatic carbocycles. The molecule has 20 heavy (non-hydrogen) atoms. The molecule has 1 amide bonds. The summed E-state index contributed by atoms with van der Waals surface area (Å²) in [5, 5.41) is 2.80. The first-order valence-corrected chi connectivity index (χ1v) is 7.57. The third-order valence-corrected chi connectivity index (χ3v) is 3.77. The van der Waals surface area contributed by atoms with Crippen molar-refractivity contribution < 1.29 is 9.53 Å². The Kier molecular flexibility index (Phi) is 5.20. The number of nitrogens with one attached hydrogen (secondary N) is 1. The molecule has 2 rings (SSSR count). The highest BCUT2D eigenvalue weighted by Gasteiger charge is 2.06. The van der Waals surface area contributed by atoms with Gasteiger partial charge in [-0.1, -0.05) is 22.0 Å². The molecule has 0 bridgehead atoms. The van der Waals surface area contributed by atoms with E-state index in [1.54, 1.807) is 12.1 Å².